The smallest absolute Gasteiger partial charge is 0.211 e. The largest absolute Gasteiger partial charge is 0.244 e. The van der Waals surface area contributed by atoms with E-state index in [-0.39, 0.29) is 9.23 Å². The molecule has 1 N–H and O–H groups in total. The molecule has 20 heavy (non-hydrogen) atoms. The first-order chi connectivity index (χ1) is 9.42. The number of halogens is 3. The molecule has 0 spiro atoms. The Bertz CT molecular complexity index is 702. The Morgan fingerprint density at radius 3 is 2.35 bits per heavy atom. The van der Waals surface area contributed by atoms with Crippen LogP contribution >= 0.6 is 50.5 Å². The van der Waals surface area contributed by atoms with E-state index in [1.165, 1.54) is 0 Å². The van der Waals surface area contributed by atoms with Gasteiger partial charge in [0.1, 0.15) is 13.6 Å². The van der Waals surface area contributed by atoms with Gasteiger partial charge in [0.2, 0.25) is 10.0 Å². The lowest BCUT2D eigenvalue weighted by atomic mass is 10.2. The van der Waals surface area contributed by atoms with Crippen LogP contribution < -0.4 is 4.72 Å². The highest BCUT2D eigenvalue weighted by Gasteiger charge is 2.25. The van der Waals surface area contributed by atoms with Crippen LogP contribution in [0.25, 0.3) is 0 Å². The molecule has 0 aliphatic carbocycles. The van der Waals surface area contributed by atoms with Gasteiger partial charge in [-0.2, -0.15) is 0 Å². The molecular formula is C12H10BrCl2NO2S2. The zero-order valence-electron chi connectivity index (χ0n) is 10.1. The summed E-state index contributed by atoms with van der Waals surface area (Å²) in [6.45, 7) is 0.294. The molecule has 0 saturated heterocycles. The summed E-state index contributed by atoms with van der Waals surface area (Å²) in [4.78, 5) is 0.00206. The number of hydrogen-bond acceptors (Lipinski definition) is 3. The van der Waals surface area contributed by atoms with Gasteiger partial charge in [0, 0.05) is 6.54 Å². The first-order valence-corrected chi connectivity index (χ1v) is 9.43. The maximum Gasteiger partial charge on any atom is 0.244 e. The zero-order chi connectivity index (χ0) is 14.8. The van der Waals surface area contributed by atoms with E-state index in [9.17, 15) is 8.42 Å². The molecule has 0 atom stereocenters. The van der Waals surface area contributed by atoms with Crippen LogP contribution in [0.15, 0.2) is 39.7 Å². The molecule has 1 heterocycles. The van der Waals surface area contributed by atoms with Crippen molar-refractivity contribution in [2.45, 2.75) is 11.3 Å². The van der Waals surface area contributed by atoms with Crippen molar-refractivity contribution in [1.82, 2.24) is 4.72 Å². The SMILES string of the molecule is O=S(=O)(NCCc1ccccc1)c1c(Cl)sc(Cl)c1Br. The lowest BCUT2D eigenvalue weighted by Crippen LogP contribution is -2.26. The second kappa shape index (κ2) is 6.77. The fraction of sp³-hybridized carbons (Fsp3) is 0.167. The van der Waals surface area contributed by atoms with Gasteiger partial charge < -0.3 is 0 Å². The molecule has 0 fully saturated rings. The summed E-state index contributed by atoms with van der Waals surface area (Å²) in [5, 5.41) is 0. The summed E-state index contributed by atoms with van der Waals surface area (Å²) >= 11 is 15.9. The second-order valence-electron chi connectivity index (χ2n) is 3.93. The topological polar surface area (TPSA) is 46.2 Å². The van der Waals surface area contributed by atoms with Crippen LogP contribution in [0.4, 0.5) is 0 Å². The Morgan fingerprint density at radius 2 is 1.80 bits per heavy atom. The molecule has 1 aromatic carbocycles. The van der Waals surface area contributed by atoms with Gasteiger partial charge in [-0.25, -0.2) is 13.1 Å². The third kappa shape index (κ3) is 3.75. The molecule has 108 valence electrons. The van der Waals surface area contributed by atoms with E-state index < -0.39 is 10.0 Å². The summed E-state index contributed by atoms with van der Waals surface area (Å²) in [5.74, 6) is 0. The summed E-state index contributed by atoms with van der Waals surface area (Å²) in [6, 6.07) is 9.63. The molecule has 2 rings (SSSR count). The van der Waals surface area contributed by atoms with Gasteiger partial charge >= 0.3 is 0 Å². The van der Waals surface area contributed by atoms with Crippen molar-refractivity contribution in [2.24, 2.45) is 0 Å². The van der Waals surface area contributed by atoms with Gasteiger partial charge in [-0.15, -0.1) is 11.3 Å². The number of rotatable bonds is 5. The quantitative estimate of drug-likeness (QED) is 0.790. The van der Waals surface area contributed by atoms with Crippen molar-refractivity contribution in [3.05, 3.63) is 49.0 Å². The summed E-state index contributed by atoms with van der Waals surface area (Å²) in [5.41, 5.74) is 1.06. The van der Waals surface area contributed by atoms with E-state index >= 15 is 0 Å². The second-order valence-corrected chi connectivity index (χ2v) is 8.65. The van der Waals surface area contributed by atoms with Gasteiger partial charge in [-0.1, -0.05) is 53.5 Å². The van der Waals surface area contributed by atoms with E-state index in [0.29, 0.717) is 21.8 Å². The molecule has 3 nitrogen and oxygen atoms in total. The van der Waals surface area contributed by atoms with E-state index in [2.05, 4.69) is 20.7 Å². The van der Waals surface area contributed by atoms with Crippen LogP contribution in [0.1, 0.15) is 5.56 Å². The molecule has 0 aliphatic rings. The highest BCUT2D eigenvalue weighted by atomic mass is 79.9. The molecule has 0 radical (unpaired) electrons. The van der Waals surface area contributed by atoms with Gasteiger partial charge in [-0.3, -0.25) is 0 Å². The minimum absolute atomic E-state index is 0.00206. The first kappa shape index (κ1) is 16.3. The van der Waals surface area contributed by atoms with Crippen LogP contribution in [0, 0.1) is 0 Å². The Balaban J connectivity index is 2.08. The number of hydrogen-bond donors (Lipinski definition) is 1. The minimum Gasteiger partial charge on any atom is -0.211 e. The number of sulfonamides is 1. The zero-order valence-corrected chi connectivity index (χ0v) is 14.8. The fourth-order valence-corrected chi connectivity index (χ4v) is 6.20. The number of benzene rings is 1. The van der Waals surface area contributed by atoms with Crippen molar-refractivity contribution in [3.8, 4) is 0 Å². The number of nitrogens with one attached hydrogen (secondary N) is 1. The standard InChI is InChI=1S/C12H10BrCl2NO2S2/c13-9-10(12(15)19-11(9)14)20(17,18)16-7-6-8-4-2-1-3-5-8/h1-5,16H,6-7H2. The average molecular weight is 415 g/mol. The van der Waals surface area contributed by atoms with Gasteiger partial charge in [0.15, 0.2) is 0 Å². The van der Waals surface area contributed by atoms with E-state index in [1.54, 1.807) is 0 Å². The molecule has 2 aromatic rings. The lowest BCUT2D eigenvalue weighted by Gasteiger charge is -2.06. The molecule has 0 aliphatic heterocycles. The van der Waals surface area contributed by atoms with Gasteiger partial charge in [0.05, 0.1) is 4.47 Å². The predicted molar refractivity (Wildman–Crippen MR) is 87.4 cm³/mol. The van der Waals surface area contributed by atoms with Gasteiger partial charge in [0.25, 0.3) is 0 Å². The highest BCUT2D eigenvalue weighted by Crippen LogP contribution is 2.42. The fourth-order valence-electron chi connectivity index (χ4n) is 1.62. The van der Waals surface area contributed by atoms with Crippen molar-refractivity contribution in [3.63, 3.8) is 0 Å². The Kier molecular flexibility index (Phi) is 5.50. The monoisotopic (exact) mass is 413 g/mol. The molecule has 8 heteroatoms. The third-order valence-electron chi connectivity index (χ3n) is 2.55. The van der Waals surface area contributed by atoms with E-state index in [1.807, 2.05) is 30.3 Å². The van der Waals surface area contributed by atoms with Gasteiger partial charge in [-0.05, 0) is 27.9 Å². The molecule has 0 amide bonds. The van der Waals surface area contributed by atoms with E-state index in [4.69, 9.17) is 23.2 Å². The van der Waals surface area contributed by atoms with Crippen molar-refractivity contribution in [2.75, 3.05) is 6.54 Å². The van der Waals surface area contributed by atoms with Crippen LogP contribution in [0.3, 0.4) is 0 Å². The van der Waals surface area contributed by atoms with Crippen molar-refractivity contribution < 1.29 is 8.42 Å². The molecule has 1 aromatic heterocycles. The summed E-state index contributed by atoms with van der Waals surface area (Å²) in [7, 11) is -3.67. The van der Waals surface area contributed by atoms with Crippen molar-refractivity contribution in [1.29, 1.82) is 0 Å². The number of thiophene rings is 1. The Morgan fingerprint density at radius 1 is 1.15 bits per heavy atom. The molecule has 0 saturated carbocycles. The van der Waals surface area contributed by atoms with Crippen LogP contribution in [0.5, 0.6) is 0 Å². The van der Waals surface area contributed by atoms with Crippen LogP contribution in [-0.4, -0.2) is 15.0 Å². The summed E-state index contributed by atoms with van der Waals surface area (Å²) < 4.78 is 27.7. The first-order valence-electron chi connectivity index (χ1n) is 5.58. The lowest BCUT2D eigenvalue weighted by molar-refractivity contribution is 0.581. The van der Waals surface area contributed by atoms with Crippen LogP contribution in [-0.2, 0) is 16.4 Å². The maximum atomic E-state index is 12.2. The minimum atomic E-state index is -3.67. The van der Waals surface area contributed by atoms with E-state index in [0.717, 1.165) is 16.9 Å². The summed E-state index contributed by atoms with van der Waals surface area (Å²) in [6.07, 6.45) is 0.604. The maximum absolute atomic E-state index is 12.2. The van der Waals surface area contributed by atoms with Crippen LogP contribution in [0.2, 0.25) is 8.67 Å². The molecular weight excluding hydrogens is 405 g/mol. The molecule has 0 unspecified atom stereocenters. The van der Waals surface area contributed by atoms with Crippen molar-refractivity contribution >= 4 is 60.5 Å². The third-order valence-corrected chi connectivity index (χ3v) is 7.47. The average Bonchev–Trinajstić information content (AvgIpc) is 2.64. The normalized spacial score (nSPS) is 11.8. The predicted octanol–water partition coefficient (Wildman–Crippen LogP) is 4.34. The Hall–Kier alpha value is -0.110. The molecule has 0 bridgehead atoms. The Labute approximate surface area is 140 Å². The highest BCUT2D eigenvalue weighted by molar-refractivity contribution is 9.10.